The summed E-state index contributed by atoms with van der Waals surface area (Å²) in [5, 5.41) is 0. The number of nitrogens with one attached hydrogen (secondary N) is 1. The average molecular weight is 247 g/mol. The number of rotatable bonds is 4. The van der Waals surface area contributed by atoms with Gasteiger partial charge in [-0.05, 0) is 48.4 Å². The molecule has 0 aliphatic carbocycles. The molecule has 1 aromatic heterocycles. The van der Waals surface area contributed by atoms with Crippen molar-refractivity contribution in [1.82, 2.24) is 4.98 Å². The van der Waals surface area contributed by atoms with Gasteiger partial charge in [0, 0.05) is 6.20 Å². The van der Waals surface area contributed by atoms with Crippen LogP contribution in [0.25, 0.3) is 0 Å². The molecule has 0 saturated carbocycles. The van der Waals surface area contributed by atoms with E-state index in [9.17, 15) is 4.39 Å². The Balaban J connectivity index is 2.04. The van der Waals surface area contributed by atoms with Crippen molar-refractivity contribution in [2.45, 2.75) is 13.5 Å². The Labute approximate surface area is 105 Å². The highest BCUT2D eigenvalue weighted by atomic mass is 19.1. The molecule has 1 aromatic carbocycles. The lowest BCUT2D eigenvalue weighted by Gasteiger charge is -2.08. The van der Waals surface area contributed by atoms with Gasteiger partial charge in [0.15, 0.2) is 0 Å². The fourth-order valence-electron chi connectivity index (χ4n) is 1.52. The maximum Gasteiger partial charge on any atom is 0.140 e. The van der Waals surface area contributed by atoms with E-state index in [0.717, 1.165) is 5.56 Å². The first-order valence-electron chi connectivity index (χ1n) is 5.49. The highest BCUT2D eigenvalue weighted by molar-refractivity contribution is 5.36. The predicted octanol–water partition coefficient (Wildman–Crippen LogP) is 2.39. The van der Waals surface area contributed by atoms with Crippen LogP contribution in [0.2, 0.25) is 0 Å². The molecule has 0 radical (unpaired) electrons. The van der Waals surface area contributed by atoms with Crippen LogP contribution in [0.3, 0.4) is 0 Å². The zero-order chi connectivity index (χ0) is 13.0. The molecule has 3 N–H and O–H groups in total. The molecule has 1 heterocycles. The van der Waals surface area contributed by atoms with Crippen molar-refractivity contribution in [2.75, 3.05) is 5.43 Å². The SMILES string of the molecule is Cc1cc(OCc2ccnc(NN)c2)ccc1F. The van der Waals surface area contributed by atoms with E-state index in [1.165, 1.54) is 6.07 Å². The zero-order valence-electron chi connectivity index (χ0n) is 9.98. The Morgan fingerprint density at radius 1 is 1.33 bits per heavy atom. The summed E-state index contributed by atoms with van der Waals surface area (Å²) in [6.45, 7) is 2.08. The maximum absolute atomic E-state index is 13.1. The molecule has 0 amide bonds. The second-order valence-electron chi connectivity index (χ2n) is 3.89. The molecule has 0 aliphatic rings. The molecule has 0 unspecified atom stereocenters. The number of nitrogens with two attached hydrogens (primary N) is 1. The normalized spacial score (nSPS) is 10.2. The average Bonchev–Trinajstić information content (AvgIpc) is 2.40. The van der Waals surface area contributed by atoms with Crippen LogP contribution in [-0.2, 0) is 6.61 Å². The van der Waals surface area contributed by atoms with E-state index >= 15 is 0 Å². The Morgan fingerprint density at radius 2 is 2.17 bits per heavy atom. The third-order valence-electron chi connectivity index (χ3n) is 2.51. The van der Waals surface area contributed by atoms with Crippen LogP contribution in [-0.4, -0.2) is 4.98 Å². The number of pyridine rings is 1. The largest absolute Gasteiger partial charge is 0.489 e. The molecule has 18 heavy (non-hydrogen) atoms. The summed E-state index contributed by atoms with van der Waals surface area (Å²) in [5.41, 5.74) is 3.96. The molecule has 5 heteroatoms. The minimum atomic E-state index is -0.235. The van der Waals surface area contributed by atoms with Gasteiger partial charge in [0.25, 0.3) is 0 Å². The first-order chi connectivity index (χ1) is 8.69. The summed E-state index contributed by atoms with van der Waals surface area (Å²) in [6.07, 6.45) is 1.64. The number of aromatic nitrogens is 1. The second kappa shape index (κ2) is 5.46. The number of hydrazine groups is 1. The fraction of sp³-hybridized carbons (Fsp3) is 0.154. The van der Waals surface area contributed by atoms with Gasteiger partial charge in [0.2, 0.25) is 0 Å². The zero-order valence-corrected chi connectivity index (χ0v) is 9.98. The number of aryl methyl sites for hydroxylation is 1. The predicted molar refractivity (Wildman–Crippen MR) is 67.5 cm³/mol. The van der Waals surface area contributed by atoms with Crippen LogP contribution in [0, 0.1) is 12.7 Å². The van der Waals surface area contributed by atoms with Crippen LogP contribution in [0.1, 0.15) is 11.1 Å². The van der Waals surface area contributed by atoms with Crippen molar-refractivity contribution in [2.24, 2.45) is 5.84 Å². The maximum atomic E-state index is 13.1. The topological polar surface area (TPSA) is 60.2 Å². The van der Waals surface area contributed by atoms with Gasteiger partial charge in [-0.3, -0.25) is 0 Å². The highest BCUT2D eigenvalue weighted by Crippen LogP contribution is 2.17. The lowest BCUT2D eigenvalue weighted by atomic mass is 10.2. The van der Waals surface area contributed by atoms with Gasteiger partial charge in [0.1, 0.15) is 24.0 Å². The number of nitrogen functional groups attached to an aromatic ring is 1. The van der Waals surface area contributed by atoms with E-state index in [1.807, 2.05) is 6.07 Å². The number of hydrogen-bond donors (Lipinski definition) is 2. The van der Waals surface area contributed by atoms with Crippen molar-refractivity contribution < 1.29 is 9.13 Å². The molecule has 2 rings (SSSR count). The van der Waals surface area contributed by atoms with E-state index < -0.39 is 0 Å². The molecule has 2 aromatic rings. The molecule has 0 spiro atoms. The number of nitrogens with zero attached hydrogens (tertiary/aromatic N) is 1. The number of benzene rings is 1. The summed E-state index contributed by atoms with van der Waals surface area (Å²) in [4.78, 5) is 4.00. The van der Waals surface area contributed by atoms with Gasteiger partial charge in [-0.1, -0.05) is 0 Å². The molecule has 0 saturated heterocycles. The molecule has 0 atom stereocenters. The van der Waals surface area contributed by atoms with Crippen molar-refractivity contribution in [1.29, 1.82) is 0 Å². The van der Waals surface area contributed by atoms with Gasteiger partial charge < -0.3 is 10.2 Å². The Bertz CT molecular complexity index is 546. The van der Waals surface area contributed by atoms with Crippen LogP contribution in [0.5, 0.6) is 5.75 Å². The third-order valence-corrected chi connectivity index (χ3v) is 2.51. The smallest absolute Gasteiger partial charge is 0.140 e. The lowest BCUT2D eigenvalue weighted by molar-refractivity contribution is 0.305. The van der Waals surface area contributed by atoms with E-state index in [2.05, 4.69) is 10.4 Å². The summed E-state index contributed by atoms with van der Waals surface area (Å²) < 4.78 is 18.6. The van der Waals surface area contributed by atoms with E-state index in [-0.39, 0.29) is 5.82 Å². The Morgan fingerprint density at radius 3 is 2.89 bits per heavy atom. The van der Waals surface area contributed by atoms with Crippen LogP contribution < -0.4 is 16.0 Å². The van der Waals surface area contributed by atoms with Crippen LogP contribution >= 0.6 is 0 Å². The van der Waals surface area contributed by atoms with E-state index in [0.29, 0.717) is 23.7 Å². The molecular formula is C13H14FN3O. The highest BCUT2D eigenvalue weighted by Gasteiger charge is 2.01. The van der Waals surface area contributed by atoms with Gasteiger partial charge in [-0.25, -0.2) is 15.2 Å². The van der Waals surface area contributed by atoms with Gasteiger partial charge in [0.05, 0.1) is 0 Å². The first-order valence-corrected chi connectivity index (χ1v) is 5.49. The van der Waals surface area contributed by atoms with Gasteiger partial charge in [-0.15, -0.1) is 0 Å². The number of halogens is 1. The molecule has 94 valence electrons. The van der Waals surface area contributed by atoms with Crippen LogP contribution in [0.4, 0.5) is 10.2 Å². The Hall–Kier alpha value is -2.14. The van der Waals surface area contributed by atoms with Gasteiger partial charge in [-0.2, -0.15) is 0 Å². The van der Waals surface area contributed by atoms with Crippen molar-refractivity contribution in [3.05, 3.63) is 53.5 Å². The molecular weight excluding hydrogens is 233 g/mol. The van der Waals surface area contributed by atoms with Crippen LogP contribution in [0.15, 0.2) is 36.5 Å². The number of hydrogen-bond acceptors (Lipinski definition) is 4. The van der Waals surface area contributed by atoms with Gasteiger partial charge >= 0.3 is 0 Å². The minimum Gasteiger partial charge on any atom is -0.489 e. The molecule has 4 nitrogen and oxygen atoms in total. The van der Waals surface area contributed by atoms with Crippen molar-refractivity contribution in [3.8, 4) is 5.75 Å². The van der Waals surface area contributed by atoms with E-state index in [4.69, 9.17) is 10.6 Å². The summed E-state index contributed by atoms with van der Waals surface area (Å²) in [7, 11) is 0. The standard InChI is InChI=1S/C13H14FN3O/c1-9-6-11(2-3-12(9)14)18-8-10-4-5-16-13(7-10)17-15/h2-7H,8,15H2,1H3,(H,16,17). The molecule has 0 bridgehead atoms. The lowest BCUT2D eigenvalue weighted by Crippen LogP contribution is -2.09. The number of anilines is 1. The quantitative estimate of drug-likeness (QED) is 0.643. The Kier molecular flexibility index (Phi) is 3.74. The van der Waals surface area contributed by atoms with Crippen molar-refractivity contribution >= 4 is 5.82 Å². The molecule has 0 aliphatic heterocycles. The molecule has 0 fully saturated rings. The second-order valence-corrected chi connectivity index (χ2v) is 3.89. The third kappa shape index (κ3) is 2.95. The van der Waals surface area contributed by atoms with Crippen molar-refractivity contribution in [3.63, 3.8) is 0 Å². The fourth-order valence-corrected chi connectivity index (χ4v) is 1.52. The summed E-state index contributed by atoms with van der Waals surface area (Å²) >= 11 is 0. The number of ether oxygens (including phenoxy) is 1. The first kappa shape index (κ1) is 12.3. The summed E-state index contributed by atoms with van der Waals surface area (Å²) in [5.74, 6) is 6.24. The van der Waals surface area contributed by atoms with E-state index in [1.54, 1.807) is 31.3 Å². The minimum absolute atomic E-state index is 0.235. The monoisotopic (exact) mass is 247 g/mol. The summed E-state index contributed by atoms with van der Waals surface area (Å²) in [6, 6.07) is 8.28.